The molecule has 0 aliphatic carbocycles. The van der Waals surface area contributed by atoms with E-state index in [4.69, 9.17) is 18.9 Å². The van der Waals surface area contributed by atoms with Gasteiger partial charge in [0.2, 0.25) is 0 Å². The number of hydrogen-bond donors (Lipinski definition) is 1. The van der Waals surface area contributed by atoms with E-state index in [1.165, 1.54) is 0 Å². The second kappa shape index (κ2) is 13.8. The summed E-state index contributed by atoms with van der Waals surface area (Å²) >= 11 is 2.21. The Bertz CT molecular complexity index is 918. The van der Waals surface area contributed by atoms with Crippen molar-refractivity contribution in [2.24, 2.45) is 5.10 Å². The van der Waals surface area contributed by atoms with Crippen LogP contribution in [-0.2, 0) is 0 Å². The van der Waals surface area contributed by atoms with Crippen molar-refractivity contribution in [3.8, 4) is 23.0 Å². The summed E-state index contributed by atoms with van der Waals surface area (Å²) in [6.45, 7) is 10.1. The number of rotatable bonds is 13. The second-order valence-electron chi connectivity index (χ2n) is 6.75. The van der Waals surface area contributed by atoms with Crippen LogP contribution in [0.4, 0.5) is 0 Å². The molecule has 32 heavy (non-hydrogen) atoms. The third-order valence-corrected chi connectivity index (χ3v) is 4.93. The minimum absolute atomic E-state index is 0.341. The van der Waals surface area contributed by atoms with Gasteiger partial charge in [0.25, 0.3) is 5.91 Å². The quantitative estimate of drug-likeness (QED) is 0.203. The number of hydrazone groups is 1. The van der Waals surface area contributed by atoms with E-state index in [2.05, 4.69) is 40.0 Å². The van der Waals surface area contributed by atoms with Crippen LogP contribution in [0.5, 0.6) is 23.0 Å². The van der Waals surface area contributed by atoms with Gasteiger partial charge in [-0.2, -0.15) is 5.10 Å². The predicted molar refractivity (Wildman–Crippen MR) is 135 cm³/mol. The number of amides is 1. The van der Waals surface area contributed by atoms with E-state index < -0.39 is 0 Å². The first-order valence-electron chi connectivity index (χ1n) is 10.9. The SMILES string of the molecule is CCCOc1ccc(C(=O)N/N=C/c2cc(I)c(OCCC)c(OCC)c2)cc1OCC. The van der Waals surface area contributed by atoms with Gasteiger partial charge >= 0.3 is 0 Å². The largest absolute Gasteiger partial charge is 0.490 e. The van der Waals surface area contributed by atoms with Crippen molar-refractivity contribution in [1.82, 2.24) is 5.43 Å². The molecule has 8 heteroatoms. The van der Waals surface area contributed by atoms with Crippen molar-refractivity contribution < 1.29 is 23.7 Å². The highest BCUT2D eigenvalue weighted by Crippen LogP contribution is 2.34. The monoisotopic (exact) mass is 554 g/mol. The van der Waals surface area contributed by atoms with E-state index in [1.54, 1.807) is 24.4 Å². The maximum absolute atomic E-state index is 12.6. The van der Waals surface area contributed by atoms with E-state index in [9.17, 15) is 4.79 Å². The smallest absolute Gasteiger partial charge is 0.271 e. The zero-order valence-electron chi connectivity index (χ0n) is 19.1. The van der Waals surface area contributed by atoms with Crippen LogP contribution in [0.3, 0.4) is 0 Å². The van der Waals surface area contributed by atoms with Crippen LogP contribution in [0.15, 0.2) is 35.4 Å². The topological polar surface area (TPSA) is 78.4 Å². The molecule has 0 radical (unpaired) electrons. The molecule has 0 aliphatic rings. The average molecular weight is 554 g/mol. The summed E-state index contributed by atoms with van der Waals surface area (Å²) in [6.07, 6.45) is 3.38. The van der Waals surface area contributed by atoms with Gasteiger partial charge in [-0.3, -0.25) is 4.79 Å². The molecule has 2 aromatic rings. The molecule has 2 rings (SSSR count). The molecule has 1 N–H and O–H groups in total. The lowest BCUT2D eigenvalue weighted by atomic mass is 10.2. The first-order chi connectivity index (χ1) is 15.5. The summed E-state index contributed by atoms with van der Waals surface area (Å²) < 4.78 is 23.8. The highest BCUT2D eigenvalue weighted by molar-refractivity contribution is 14.1. The molecule has 0 fully saturated rings. The fraction of sp³-hybridized carbons (Fsp3) is 0.417. The fourth-order valence-corrected chi connectivity index (χ4v) is 3.53. The van der Waals surface area contributed by atoms with Crippen LogP contribution in [0.1, 0.15) is 56.5 Å². The van der Waals surface area contributed by atoms with Gasteiger partial charge in [0.15, 0.2) is 23.0 Å². The third-order valence-electron chi connectivity index (χ3n) is 4.13. The number of ether oxygens (including phenoxy) is 4. The molecule has 0 heterocycles. The number of carbonyl (C=O) groups excluding carboxylic acids is 1. The normalized spacial score (nSPS) is 10.8. The van der Waals surface area contributed by atoms with Gasteiger partial charge in [-0.25, -0.2) is 5.43 Å². The summed E-state index contributed by atoms with van der Waals surface area (Å²) in [4.78, 5) is 12.6. The Kier molecular flexibility index (Phi) is 11.1. The summed E-state index contributed by atoms with van der Waals surface area (Å²) in [5, 5.41) is 4.10. The standard InChI is InChI=1S/C24H31IN2O5/c1-5-11-31-20-10-9-18(15-21(20)29-7-3)24(28)27-26-16-17-13-19(25)23(32-12-6-2)22(14-17)30-8-4/h9-10,13-16H,5-8,11-12H2,1-4H3,(H,27,28)/b26-16+. The summed E-state index contributed by atoms with van der Waals surface area (Å²) in [5.41, 5.74) is 3.78. The first-order valence-corrected chi connectivity index (χ1v) is 11.9. The van der Waals surface area contributed by atoms with E-state index in [1.807, 2.05) is 32.9 Å². The minimum Gasteiger partial charge on any atom is -0.490 e. The Morgan fingerprint density at radius 2 is 1.59 bits per heavy atom. The molecule has 1 amide bonds. The Balaban J connectivity index is 2.13. The number of halogens is 1. The molecule has 0 atom stereocenters. The van der Waals surface area contributed by atoms with Crippen molar-refractivity contribution in [2.45, 2.75) is 40.5 Å². The van der Waals surface area contributed by atoms with Gasteiger partial charge in [-0.1, -0.05) is 13.8 Å². The fourth-order valence-electron chi connectivity index (χ4n) is 2.75. The number of hydrogen-bond acceptors (Lipinski definition) is 6. The van der Waals surface area contributed by atoms with Crippen LogP contribution in [-0.4, -0.2) is 38.5 Å². The minimum atomic E-state index is -0.341. The molecule has 0 aliphatic heterocycles. The van der Waals surface area contributed by atoms with Gasteiger partial charge in [-0.15, -0.1) is 0 Å². The van der Waals surface area contributed by atoms with Gasteiger partial charge in [0.1, 0.15) is 0 Å². The van der Waals surface area contributed by atoms with Gasteiger partial charge < -0.3 is 18.9 Å². The summed E-state index contributed by atoms with van der Waals surface area (Å²) in [5.74, 6) is 2.20. The Morgan fingerprint density at radius 1 is 0.906 bits per heavy atom. The molecule has 7 nitrogen and oxygen atoms in total. The summed E-state index contributed by atoms with van der Waals surface area (Å²) in [7, 11) is 0. The van der Waals surface area contributed by atoms with Crippen molar-refractivity contribution in [3.63, 3.8) is 0 Å². The summed E-state index contributed by atoms with van der Waals surface area (Å²) in [6, 6.07) is 8.87. The van der Waals surface area contributed by atoms with E-state index >= 15 is 0 Å². The molecule has 0 saturated heterocycles. The number of carbonyl (C=O) groups is 1. The molecular formula is C24H31IN2O5. The first kappa shape index (κ1) is 25.8. The Hall–Kier alpha value is -2.49. The molecular weight excluding hydrogens is 523 g/mol. The van der Waals surface area contributed by atoms with Gasteiger partial charge in [0.05, 0.1) is 36.2 Å². The lowest BCUT2D eigenvalue weighted by molar-refractivity contribution is 0.0954. The Labute approximate surface area is 203 Å². The highest BCUT2D eigenvalue weighted by Gasteiger charge is 2.13. The van der Waals surface area contributed by atoms with Crippen LogP contribution >= 0.6 is 22.6 Å². The van der Waals surface area contributed by atoms with Crippen molar-refractivity contribution in [3.05, 3.63) is 45.0 Å². The number of benzene rings is 2. The van der Waals surface area contributed by atoms with Crippen LogP contribution in [0, 0.1) is 3.57 Å². The number of nitrogens with zero attached hydrogens (tertiary/aromatic N) is 1. The molecule has 0 spiro atoms. The third kappa shape index (κ3) is 7.58. The molecule has 0 bridgehead atoms. The van der Waals surface area contributed by atoms with Crippen molar-refractivity contribution in [2.75, 3.05) is 26.4 Å². The van der Waals surface area contributed by atoms with Crippen molar-refractivity contribution >= 4 is 34.7 Å². The maximum Gasteiger partial charge on any atom is 0.271 e. The lowest BCUT2D eigenvalue weighted by Gasteiger charge is -2.14. The lowest BCUT2D eigenvalue weighted by Crippen LogP contribution is -2.18. The van der Waals surface area contributed by atoms with E-state index in [-0.39, 0.29) is 5.91 Å². The van der Waals surface area contributed by atoms with E-state index in [0.717, 1.165) is 27.7 Å². The molecule has 0 unspecified atom stereocenters. The molecule has 174 valence electrons. The predicted octanol–water partition coefficient (Wildman–Crippen LogP) is 5.43. The second-order valence-corrected chi connectivity index (χ2v) is 7.92. The van der Waals surface area contributed by atoms with Crippen LogP contribution in [0.2, 0.25) is 0 Å². The Morgan fingerprint density at radius 3 is 2.28 bits per heavy atom. The molecule has 0 aromatic heterocycles. The maximum atomic E-state index is 12.6. The van der Waals surface area contributed by atoms with Crippen molar-refractivity contribution in [1.29, 1.82) is 0 Å². The zero-order chi connectivity index (χ0) is 23.3. The average Bonchev–Trinajstić information content (AvgIpc) is 2.78. The van der Waals surface area contributed by atoms with Crippen LogP contribution < -0.4 is 24.4 Å². The van der Waals surface area contributed by atoms with Gasteiger partial charge in [0, 0.05) is 5.56 Å². The highest BCUT2D eigenvalue weighted by atomic mass is 127. The zero-order valence-corrected chi connectivity index (χ0v) is 21.2. The van der Waals surface area contributed by atoms with E-state index in [0.29, 0.717) is 49.2 Å². The molecule has 0 saturated carbocycles. The number of nitrogens with one attached hydrogen (secondary N) is 1. The van der Waals surface area contributed by atoms with Crippen LogP contribution in [0.25, 0.3) is 0 Å². The van der Waals surface area contributed by atoms with Gasteiger partial charge in [-0.05, 0) is 85.2 Å². The molecule has 2 aromatic carbocycles.